The predicted octanol–water partition coefficient (Wildman–Crippen LogP) is 3.90. The number of nitrogens with zero attached hydrogens (tertiary/aromatic N) is 1. The minimum absolute atomic E-state index is 0.123. The fraction of sp³-hybridized carbons (Fsp3) is 0.368. The number of nitrogens with one attached hydrogen (secondary N) is 2. The maximum absolute atomic E-state index is 13.6. The maximum atomic E-state index is 13.6. The standard InChI is InChI=1S/C19H22FN3O/c20-17-9-5-4-6-14(17)12-21-16-10-11-18(22-13-16)19(24)23-15-7-2-1-3-8-15/h4-6,9-11,13,15,21H,1-3,7-8,12H2,(H,23,24). The molecular formula is C19H22FN3O. The average Bonchev–Trinajstić information content (AvgIpc) is 2.62. The molecule has 1 aliphatic rings. The van der Waals surface area contributed by atoms with E-state index in [1.807, 2.05) is 0 Å². The highest BCUT2D eigenvalue weighted by molar-refractivity contribution is 5.92. The molecule has 1 fully saturated rings. The van der Waals surface area contributed by atoms with Crippen LogP contribution in [0, 0.1) is 5.82 Å². The number of hydrogen-bond acceptors (Lipinski definition) is 3. The van der Waals surface area contributed by atoms with Crippen LogP contribution in [-0.4, -0.2) is 16.9 Å². The first-order valence-electron chi connectivity index (χ1n) is 8.46. The Morgan fingerprint density at radius 3 is 2.62 bits per heavy atom. The summed E-state index contributed by atoms with van der Waals surface area (Å²) in [7, 11) is 0. The zero-order valence-electron chi connectivity index (χ0n) is 13.6. The van der Waals surface area contributed by atoms with E-state index in [4.69, 9.17) is 0 Å². The van der Waals surface area contributed by atoms with Crippen molar-refractivity contribution in [2.45, 2.75) is 44.7 Å². The summed E-state index contributed by atoms with van der Waals surface area (Å²) in [5, 5.41) is 6.16. The monoisotopic (exact) mass is 327 g/mol. The summed E-state index contributed by atoms with van der Waals surface area (Å²) < 4.78 is 13.6. The fourth-order valence-corrected chi connectivity index (χ4v) is 2.98. The zero-order valence-corrected chi connectivity index (χ0v) is 13.6. The summed E-state index contributed by atoms with van der Waals surface area (Å²) in [6, 6.07) is 10.4. The molecule has 0 unspecified atom stereocenters. The van der Waals surface area contributed by atoms with Crippen LogP contribution in [-0.2, 0) is 6.54 Å². The quantitative estimate of drug-likeness (QED) is 0.876. The summed E-state index contributed by atoms with van der Waals surface area (Å²) in [6.07, 6.45) is 7.32. The van der Waals surface area contributed by atoms with Gasteiger partial charge in [-0.1, -0.05) is 37.5 Å². The van der Waals surface area contributed by atoms with Gasteiger partial charge in [-0.05, 0) is 31.0 Å². The Labute approximate surface area is 141 Å². The molecule has 0 aliphatic heterocycles. The molecule has 1 aromatic carbocycles. The number of pyridine rings is 1. The average molecular weight is 327 g/mol. The van der Waals surface area contributed by atoms with Crippen molar-refractivity contribution in [2.24, 2.45) is 0 Å². The number of carbonyl (C=O) groups excluding carboxylic acids is 1. The number of aromatic nitrogens is 1. The van der Waals surface area contributed by atoms with Crippen LogP contribution in [0.3, 0.4) is 0 Å². The Kier molecular flexibility index (Phi) is 5.41. The third kappa shape index (κ3) is 4.31. The molecular weight excluding hydrogens is 305 g/mol. The summed E-state index contributed by atoms with van der Waals surface area (Å²) in [5.74, 6) is -0.357. The van der Waals surface area contributed by atoms with Crippen LogP contribution in [0.1, 0.15) is 48.2 Å². The molecule has 1 aliphatic carbocycles. The summed E-state index contributed by atoms with van der Waals surface area (Å²) >= 11 is 0. The third-order valence-electron chi connectivity index (χ3n) is 4.38. The molecule has 1 amide bonds. The maximum Gasteiger partial charge on any atom is 0.270 e. The fourth-order valence-electron chi connectivity index (χ4n) is 2.98. The van der Waals surface area contributed by atoms with E-state index in [1.165, 1.54) is 25.3 Å². The van der Waals surface area contributed by atoms with Crippen LogP contribution in [0.5, 0.6) is 0 Å². The number of carbonyl (C=O) groups is 1. The topological polar surface area (TPSA) is 54.0 Å². The van der Waals surface area contributed by atoms with Crippen molar-refractivity contribution in [3.8, 4) is 0 Å². The van der Waals surface area contributed by atoms with E-state index in [2.05, 4.69) is 15.6 Å². The SMILES string of the molecule is O=C(NC1CCCCC1)c1ccc(NCc2ccccc2F)cn1. The Morgan fingerprint density at radius 2 is 1.92 bits per heavy atom. The second kappa shape index (κ2) is 7.90. The van der Waals surface area contributed by atoms with Crippen LogP contribution in [0.15, 0.2) is 42.6 Å². The van der Waals surface area contributed by atoms with Gasteiger partial charge in [0.25, 0.3) is 5.91 Å². The minimum Gasteiger partial charge on any atom is -0.380 e. The molecule has 1 saturated carbocycles. The summed E-state index contributed by atoms with van der Waals surface area (Å²) in [5.41, 5.74) is 1.76. The van der Waals surface area contributed by atoms with Crippen molar-refractivity contribution in [1.29, 1.82) is 0 Å². The number of halogens is 1. The molecule has 0 radical (unpaired) electrons. The van der Waals surface area contributed by atoms with Gasteiger partial charge in [0.1, 0.15) is 11.5 Å². The first-order chi connectivity index (χ1) is 11.7. The van der Waals surface area contributed by atoms with Gasteiger partial charge in [0.2, 0.25) is 0 Å². The largest absolute Gasteiger partial charge is 0.380 e. The molecule has 1 aromatic heterocycles. The number of benzene rings is 1. The van der Waals surface area contributed by atoms with E-state index < -0.39 is 0 Å². The van der Waals surface area contributed by atoms with Crippen molar-refractivity contribution >= 4 is 11.6 Å². The molecule has 3 rings (SSSR count). The molecule has 0 atom stereocenters. The first-order valence-corrected chi connectivity index (χ1v) is 8.46. The molecule has 0 spiro atoms. The number of anilines is 1. The second-order valence-corrected chi connectivity index (χ2v) is 6.19. The van der Waals surface area contributed by atoms with Crippen molar-refractivity contribution in [3.05, 3.63) is 59.7 Å². The van der Waals surface area contributed by atoms with Crippen molar-refractivity contribution in [1.82, 2.24) is 10.3 Å². The van der Waals surface area contributed by atoms with Crippen LogP contribution in [0.2, 0.25) is 0 Å². The zero-order chi connectivity index (χ0) is 16.8. The van der Waals surface area contributed by atoms with E-state index in [1.54, 1.807) is 36.5 Å². The van der Waals surface area contributed by atoms with E-state index >= 15 is 0 Å². The highest BCUT2D eigenvalue weighted by atomic mass is 19.1. The highest BCUT2D eigenvalue weighted by Crippen LogP contribution is 2.18. The molecule has 1 heterocycles. The second-order valence-electron chi connectivity index (χ2n) is 6.19. The smallest absolute Gasteiger partial charge is 0.270 e. The first kappa shape index (κ1) is 16.4. The van der Waals surface area contributed by atoms with Gasteiger partial charge in [-0.15, -0.1) is 0 Å². The van der Waals surface area contributed by atoms with Gasteiger partial charge in [-0.2, -0.15) is 0 Å². The molecule has 0 bridgehead atoms. The van der Waals surface area contributed by atoms with Crippen LogP contribution >= 0.6 is 0 Å². The van der Waals surface area contributed by atoms with Crippen LogP contribution in [0.4, 0.5) is 10.1 Å². The van der Waals surface area contributed by atoms with Gasteiger partial charge >= 0.3 is 0 Å². The third-order valence-corrected chi connectivity index (χ3v) is 4.38. The summed E-state index contributed by atoms with van der Waals surface area (Å²) in [6.45, 7) is 0.377. The number of rotatable bonds is 5. The minimum atomic E-state index is -0.235. The van der Waals surface area contributed by atoms with E-state index in [0.29, 0.717) is 17.8 Å². The Balaban J connectivity index is 1.54. The molecule has 5 heteroatoms. The molecule has 126 valence electrons. The van der Waals surface area contributed by atoms with E-state index in [9.17, 15) is 9.18 Å². The number of hydrogen-bond donors (Lipinski definition) is 2. The van der Waals surface area contributed by atoms with Gasteiger partial charge in [0.15, 0.2) is 0 Å². The van der Waals surface area contributed by atoms with Gasteiger partial charge in [-0.25, -0.2) is 9.37 Å². The van der Waals surface area contributed by atoms with E-state index in [-0.39, 0.29) is 17.8 Å². The van der Waals surface area contributed by atoms with Crippen molar-refractivity contribution < 1.29 is 9.18 Å². The van der Waals surface area contributed by atoms with Crippen LogP contribution < -0.4 is 10.6 Å². The molecule has 4 nitrogen and oxygen atoms in total. The lowest BCUT2D eigenvalue weighted by Crippen LogP contribution is -2.36. The lowest BCUT2D eigenvalue weighted by atomic mass is 9.95. The molecule has 24 heavy (non-hydrogen) atoms. The predicted molar refractivity (Wildman–Crippen MR) is 92.3 cm³/mol. The lowest BCUT2D eigenvalue weighted by Gasteiger charge is -2.22. The van der Waals surface area contributed by atoms with Crippen LogP contribution in [0.25, 0.3) is 0 Å². The normalized spacial score (nSPS) is 15.0. The van der Waals surface area contributed by atoms with Gasteiger partial charge in [-0.3, -0.25) is 4.79 Å². The Hall–Kier alpha value is -2.43. The van der Waals surface area contributed by atoms with Gasteiger partial charge in [0, 0.05) is 18.2 Å². The van der Waals surface area contributed by atoms with Gasteiger partial charge in [0.05, 0.1) is 11.9 Å². The molecule has 0 saturated heterocycles. The Bertz CT molecular complexity index is 681. The van der Waals surface area contributed by atoms with Gasteiger partial charge < -0.3 is 10.6 Å². The highest BCUT2D eigenvalue weighted by Gasteiger charge is 2.17. The molecule has 2 N–H and O–H groups in total. The molecule has 2 aromatic rings. The summed E-state index contributed by atoms with van der Waals surface area (Å²) in [4.78, 5) is 16.4. The lowest BCUT2D eigenvalue weighted by molar-refractivity contribution is 0.0922. The van der Waals surface area contributed by atoms with E-state index in [0.717, 1.165) is 18.5 Å². The van der Waals surface area contributed by atoms with Crippen molar-refractivity contribution in [3.63, 3.8) is 0 Å². The Morgan fingerprint density at radius 1 is 1.12 bits per heavy atom. The van der Waals surface area contributed by atoms with Crippen molar-refractivity contribution in [2.75, 3.05) is 5.32 Å². The number of amides is 1.